The molecule has 0 heterocycles. The van der Waals surface area contributed by atoms with Crippen molar-refractivity contribution in [3.63, 3.8) is 0 Å². The molecular formula is C14H17BrClF. The summed E-state index contributed by atoms with van der Waals surface area (Å²) in [4.78, 5) is 0. The molecule has 1 aromatic rings. The molecule has 0 radical (unpaired) electrons. The Morgan fingerprint density at radius 2 is 2.00 bits per heavy atom. The van der Waals surface area contributed by atoms with Crippen molar-refractivity contribution in [2.45, 2.75) is 43.9 Å². The van der Waals surface area contributed by atoms with E-state index in [0.717, 1.165) is 17.3 Å². The first-order chi connectivity index (χ1) is 8.16. The summed E-state index contributed by atoms with van der Waals surface area (Å²) in [5, 5.41) is 0.273. The maximum Gasteiger partial charge on any atom is 0.124 e. The van der Waals surface area contributed by atoms with E-state index >= 15 is 0 Å². The van der Waals surface area contributed by atoms with Crippen molar-refractivity contribution < 1.29 is 4.39 Å². The summed E-state index contributed by atoms with van der Waals surface area (Å²) in [5.74, 6) is 0.338. The van der Waals surface area contributed by atoms with Crippen molar-refractivity contribution in [3.05, 3.63) is 34.1 Å². The lowest BCUT2D eigenvalue weighted by atomic mass is 9.92. The predicted molar refractivity (Wildman–Crippen MR) is 74.0 cm³/mol. The summed E-state index contributed by atoms with van der Waals surface area (Å²) in [7, 11) is 0. The predicted octanol–water partition coefficient (Wildman–Crippen LogP) is 5.32. The molecule has 0 spiro atoms. The molecule has 17 heavy (non-hydrogen) atoms. The maximum atomic E-state index is 13.0. The highest BCUT2D eigenvalue weighted by atomic mass is 79.9. The van der Waals surface area contributed by atoms with Gasteiger partial charge in [0.25, 0.3) is 0 Å². The van der Waals surface area contributed by atoms with Crippen LogP contribution in [0, 0.1) is 11.7 Å². The highest BCUT2D eigenvalue weighted by Gasteiger charge is 2.22. The fraction of sp³-hybridized carbons (Fsp3) is 0.571. The topological polar surface area (TPSA) is 0 Å². The summed E-state index contributed by atoms with van der Waals surface area (Å²) >= 11 is 9.86. The first kappa shape index (κ1) is 13.4. The summed E-state index contributed by atoms with van der Waals surface area (Å²) in [6.45, 7) is 0. The molecule has 1 aromatic carbocycles. The van der Waals surface area contributed by atoms with E-state index in [9.17, 15) is 4.39 Å². The van der Waals surface area contributed by atoms with Gasteiger partial charge in [0.05, 0.1) is 0 Å². The third-order valence-electron chi connectivity index (χ3n) is 3.56. The molecule has 0 aromatic heterocycles. The van der Waals surface area contributed by atoms with Gasteiger partial charge in [0.2, 0.25) is 0 Å². The minimum atomic E-state index is -0.191. The maximum absolute atomic E-state index is 13.0. The van der Waals surface area contributed by atoms with Crippen LogP contribution in [0.5, 0.6) is 0 Å². The van der Waals surface area contributed by atoms with Gasteiger partial charge >= 0.3 is 0 Å². The monoisotopic (exact) mass is 318 g/mol. The Morgan fingerprint density at radius 3 is 2.76 bits per heavy atom. The number of alkyl halides is 1. The van der Waals surface area contributed by atoms with Gasteiger partial charge < -0.3 is 0 Å². The second kappa shape index (κ2) is 6.19. The smallest absolute Gasteiger partial charge is 0.124 e. The molecule has 1 aliphatic carbocycles. The summed E-state index contributed by atoms with van der Waals surface area (Å²) < 4.78 is 13.9. The van der Waals surface area contributed by atoms with Crippen LogP contribution in [-0.4, -0.2) is 5.38 Å². The fourth-order valence-electron chi connectivity index (χ4n) is 2.54. The van der Waals surface area contributed by atoms with Gasteiger partial charge in [-0.15, -0.1) is 11.6 Å². The Kier molecular flexibility index (Phi) is 4.87. The van der Waals surface area contributed by atoms with Crippen molar-refractivity contribution >= 4 is 27.5 Å². The molecule has 0 saturated heterocycles. The van der Waals surface area contributed by atoms with E-state index in [1.54, 1.807) is 0 Å². The average molecular weight is 320 g/mol. The normalized spacial score (nSPS) is 25.6. The number of hydrogen-bond acceptors (Lipinski definition) is 0. The molecule has 1 aliphatic rings. The van der Waals surface area contributed by atoms with Gasteiger partial charge in [0.1, 0.15) is 5.82 Å². The van der Waals surface area contributed by atoms with Crippen LogP contribution in [0.15, 0.2) is 22.7 Å². The quantitative estimate of drug-likeness (QED) is 0.511. The zero-order valence-corrected chi connectivity index (χ0v) is 12.1. The zero-order valence-electron chi connectivity index (χ0n) is 9.76. The second-order valence-electron chi connectivity index (χ2n) is 4.85. The van der Waals surface area contributed by atoms with Crippen LogP contribution in [0.25, 0.3) is 0 Å². The largest absolute Gasteiger partial charge is 0.207 e. The Bertz CT molecular complexity index is 380. The van der Waals surface area contributed by atoms with Crippen molar-refractivity contribution in [2.75, 3.05) is 0 Å². The number of hydrogen-bond donors (Lipinski definition) is 0. The van der Waals surface area contributed by atoms with E-state index in [-0.39, 0.29) is 11.2 Å². The Balaban J connectivity index is 2.08. The van der Waals surface area contributed by atoms with Gasteiger partial charge in [0, 0.05) is 9.85 Å². The molecule has 0 bridgehead atoms. The van der Waals surface area contributed by atoms with Crippen molar-refractivity contribution in [3.8, 4) is 0 Å². The molecule has 2 rings (SSSR count). The van der Waals surface area contributed by atoms with Gasteiger partial charge in [-0.3, -0.25) is 0 Å². The van der Waals surface area contributed by atoms with Crippen LogP contribution in [0.1, 0.15) is 37.7 Å². The molecule has 0 N–H and O–H groups in total. The van der Waals surface area contributed by atoms with Gasteiger partial charge in [-0.25, -0.2) is 4.39 Å². The van der Waals surface area contributed by atoms with E-state index in [4.69, 9.17) is 11.6 Å². The van der Waals surface area contributed by atoms with E-state index in [1.165, 1.54) is 43.4 Å². The Morgan fingerprint density at radius 1 is 1.24 bits per heavy atom. The number of benzene rings is 1. The lowest BCUT2D eigenvalue weighted by molar-refractivity contribution is 0.464. The van der Waals surface area contributed by atoms with Crippen LogP contribution in [0.4, 0.5) is 4.39 Å². The third kappa shape index (κ3) is 3.69. The minimum absolute atomic E-state index is 0.191. The summed E-state index contributed by atoms with van der Waals surface area (Å²) in [6, 6.07) is 4.93. The molecule has 0 amide bonds. The molecule has 3 heteroatoms. The van der Waals surface area contributed by atoms with E-state index < -0.39 is 0 Å². The molecule has 1 fully saturated rings. The van der Waals surface area contributed by atoms with Gasteiger partial charge in [-0.2, -0.15) is 0 Å². The third-order valence-corrected chi connectivity index (χ3v) is 4.88. The van der Waals surface area contributed by atoms with Crippen molar-refractivity contribution in [1.82, 2.24) is 0 Å². The average Bonchev–Trinajstić information content (AvgIpc) is 2.48. The summed E-state index contributed by atoms with van der Waals surface area (Å²) in [5.41, 5.74) is 1.17. The van der Waals surface area contributed by atoms with Crippen LogP contribution < -0.4 is 0 Å². The van der Waals surface area contributed by atoms with Crippen LogP contribution in [0.2, 0.25) is 0 Å². The van der Waals surface area contributed by atoms with Crippen LogP contribution in [0.3, 0.4) is 0 Å². The second-order valence-corrected chi connectivity index (χ2v) is 6.27. The molecule has 1 saturated carbocycles. The lowest BCUT2D eigenvalue weighted by Gasteiger charge is -2.20. The first-order valence-electron chi connectivity index (χ1n) is 6.25. The van der Waals surface area contributed by atoms with E-state index in [0.29, 0.717) is 5.92 Å². The van der Waals surface area contributed by atoms with Crippen LogP contribution >= 0.6 is 27.5 Å². The Hall–Kier alpha value is -0.0800. The van der Waals surface area contributed by atoms with Crippen molar-refractivity contribution in [2.24, 2.45) is 5.92 Å². The highest BCUT2D eigenvalue weighted by molar-refractivity contribution is 9.10. The van der Waals surface area contributed by atoms with Crippen LogP contribution in [-0.2, 0) is 6.42 Å². The zero-order chi connectivity index (χ0) is 12.3. The molecule has 94 valence electrons. The first-order valence-corrected chi connectivity index (χ1v) is 7.48. The minimum Gasteiger partial charge on any atom is -0.207 e. The lowest BCUT2D eigenvalue weighted by Crippen LogP contribution is -2.16. The standard InChI is InChI=1S/C14H17BrClF/c15-13-9-12(17)7-6-10(13)8-11-4-2-1-3-5-14(11)16/h6-7,9,11,14H,1-5,8H2. The SMILES string of the molecule is Fc1ccc(CC2CCCCCC2Cl)c(Br)c1. The molecular weight excluding hydrogens is 303 g/mol. The summed E-state index contributed by atoms with van der Waals surface area (Å²) in [6.07, 6.45) is 7.07. The van der Waals surface area contributed by atoms with E-state index in [1.807, 2.05) is 6.07 Å². The van der Waals surface area contributed by atoms with Gasteiger partial charge in [0.15, 0.2) is 0 Å². The molecule has 2 atom stereocenters. The highest BCUT2D eigenvalue weighted by Crippen LogP contribution is 2.32. The number of rotatable bonds is 2. The molecule has 0 nitrogen and oxygen atoms in total. The van der Waals surface area contributed by atoms with Crippen molar-refractivity contribution in [1.29, 1.82) is 0 Å². The number of halogens is 3. The molecule has 0 aliphatic heterocycles. The molecule has 2 unspecified atom stereocenters. The van der Waals surface area contributed by atoms with Gasteiger partial charge in [-0.05, 0) is 42.9 Å². The van der Waals surface area contributed by atoms with E-state index in [2.05, 4.69) is 15.9 Å². The van der Waals surface area contributed by atoms with Gasteiger partial charge in [-0.1, -0.05) is 41.3 Å². The Labute approximate surface area is 116 Å². The fourth-order valence-corrected chi connectivity index (χ4v) is 3.42.